The quantitative estimate of drug-likeness (QED) is 0.854. The molecule has 0 saturated heterocycles. The summed E-state index contributed by atoms with van der Waals surface area (Å²) in [5.41, 5.74) is 5.82. The average molecular weight is 222 g/mol. The number of rotatable bonds is 3. The van der Waals surface area contributed by atoms with E-state index >= 15 is 0 Å². The molecule has 0 spiro atoms. The van der Waals surface area contributed by atoms with Gasteiger partial charge in [-0.25, -0.2) is 0 Å². The molecule has 1 aliphatic rings. The third-order valence-corrected chi connectivity index (χ3v) is 4.55. The van der Waals surface area contributed by atoms with Gasteiger partial charge in [-0.3, -0.25) is 4.98 Å². The lowest BCUT2D eigenvalue weighted by Gasteiger charge is -2.30. The fraction of sp³-hybridized carbons (Fsp3) is 0.583. The van der Waals surface area contributed by atoms with Crippen LogP contribution in [-0.2, 0) is 0 Å². The standard InChI is InChI=1S/C12H18N2S/c13-9-10-3-1-2-4-12(10)15-11-5-7-14-8-6-11/h5-8,10,12H,1-4,9,13H2. The molecule has 0 amide bonds. The monoisotopic (exact) mass is 222 g/mol. The largest absolute Gasteiger partial charge is 0.330 e. The molecule has 3 heteroatoms. The maximum absolute atomic E-state index is 5.82. The van der Waals surface area contributed by atoms with Crippen molar-refractivity contribution >= 4 is 11.8 Å². The van der Waals surface area contributed by atoms with Crippen molar-refractivity contribution in [2.45, 2.75) is 35.8 Å². The second-order valence-corrected chi connectivity index (χ2v) is 5.43. The highest BCUT2D eigenvalue weighted by molar-refractivity contribution is 8.00. The minimum Gasteiger partial charge on any atom is -0.330 e. The Morgan fingerprint density at radius 1 is 1.27 bits per heavy atom. The Hall–Kier alpha value is -0.540. The second-order valence-electron chi connectivity index (χ2n) is 4.12. The second kappa shape index (κ2) is 5.52. The zero-order chi connectivity index (χ0) is 10.5. The van der Waals surface area contributed by atoms with Crippen molar-refractivity contribution in [2.75, 3.05) is 6.54 Å². The minimum absolute atomic E-state index is 0.705. The first-order valence-corrected chi connectivity index (χ1v) is 6.55. The van der Waals surface area contributed by atoms with Gasteiger partial charge >= 0.3 is 0 Å². The maximum atomic E-state index is 5.82. The summed E-state index contributed by atoms with van der Waals surface area (Å²) in [6.45, 7) is 0.836. The van der Waals surface area contributed by atoms with Gasteiger partial charge in [0.05, 0.1) is 0 Å². The van der Waals surface area contributed by atoms with E-state index in [1.165, 1.54) is 30.6 Å². The van der Waals surface area contributed by atoms with Gasteiger partial charge in [0.1, 0.15) is 0 Å². The van der Waals surface area contributed by atoms with E-state index in [0.717, 1.165) is 6.54 Å². The molecule has 0 radical (unpaired) electrons. The number of hydrogen-bond acceptors (Lipinski definition) is 3. The number of nitrogens with zero attached hydrogens (tertiary/aromatic N) is 1. The molecule has 0 bridgehead atoms. The molecule has 2 atom stereocenters. The van der Waals surface area contributed by atoms with E-state index in [4.69, 9.17) is 5.73 Å². The molecule has 1 heterocycles. The molecular formula is C12H18N2S. The third kappa shape index (κ3) is 2.95. The van der Waals surface area contributed by atoms with Crippen molar-refractivity contribution in [3.05, 3.63) is 24.5 Å². The maximum Gasteiger partial charge on any atom is 0.0278 e. The fourth-order valence-corrected chi connectivity index (χ4v) is 3.54. The van der Waals surface area contributed by atoms with Gasteiger partial charge in [-0.1, -0.05) is 12.8 Å². The van der Waals surface area contributed by atoms with Crippen LogP contribution in [-0.4, -0.2) is 16.8 Å². The summed E-state index contributed by atoms with van der Waals surface area (Å²) in [5, 5.41) is 0.714. The predicted molar refractivity (Wildman–Crippen MR) is 64.9 cm³/mol. The Balaban J connectivity index is 1.97. The molecule has 2 nitrogen and oxygen atoms in total. The molecular weight excluding hydrogens is 204 g/mol. The molecule has 1 aliphatic carbocycles. The van der Waals surface area contributed by atoms with Crippen molar-refractivity contribution in [1.82, 2.24) is 4.98 Å². The summed E-state index contributed by atoms with van der Waals surface area (Å²) in [6.07, 6.45) is 9.06. The topological polar surface area (TPSA) is 38.9 Å². The lowest BCUT2D eigenvalue weighted by atomic mass is 9.89. The molecule has 2 rings (SSSR count). The molecule has 1 aromatic rings. The number of nitrogens with two attached hydrogens (primary N) is 1. The molecule has 1 saturated carbocycles. The van der Waals surface area contributed by atoms with Crippen molar-refractivity contribution < 1.29 is 0 Å². The Kier molecular flexibility index (Phi) is 4.03. The number of aromatic nitrogens is 1. The first kappa shape index (κ1) is 11.0. The minimum atomic E-state index is 0.705. The van der Waals surface area contributed by atoms with Gasteiger partial charge in [-0.05, 0) is 37.4 Å². The summed E-state index contributed by atoms with van der Waals surface area (Å²) in [6, 6.07) is 4.18. The van der Waals surface area contributed by atoms with E-state index in [0.29, 0.717) is 11.2 Å². The molecule has 1 aromatic heterocycles. The molecule has 0 aromatic carbocycles. The highest BCUT2D eigenvalue weighted by Gasteiger charge is 2.24. The van der Waals surface area contributed by atoms with Gasteiger partial charge < -0.3 is 5.73 Å². The van der Waals surface area contributed by atoms with Gasteiger partial charge in [0.15, 0.2) is 0 Å². The zero-order valence-corrected chi connectivity index (χ0v) is 9.75. The number of pyridine rings is 1. The van der Waals surface area contributed by atoms with Gasteiger partial charge in [-0.15, -0.1) is 11.8 Å². The molecule has 82 valence electrons. The van der Waals surface area contributed by atoms with E-state index in [1.54, 1.807) is 0 Å². The molecule has 1 fully saturated rings. The summed E-state index contributed by atoms with van der Waals surface area (Å²) in [4.78, 5) is 5.37. The van der Waals surface area contributed by atoms with Crippen molar-refractivity contribution in [3.63, 3.8) is 0 Å². The Bertz CT molecular complexity index is 289. The van der Waals surface area contributed by atoms with Crippen molar-refractivity contribution in [2.24, 2.45) is 11.7 Å². The van der Waals surface area contributed by atoms with Crippen LogP contribution in [0.3, 0.4) is 0 Å². The van der Waals surface area contributed by atoms with Crippen LogP contribution in [0.5, 0.6) is 0 Å². The molecule has 0 aliphatic heterocycles. The smallest absolute Gasteiger partial charge is 0.0278 e. The lowest BCUT2D eigenvalue weighted by Crippen LogP contribution is -2.28. The predicted octanol–water partition coefficient (Wildman–Crippen LogP) is 2.69. The highest BCUT2D eigenvalue weighted by Crippen LogP contribution is 2.36. The first-order valence-electron chi connectivity index (χ1n) is 5.67. The lowest BCUT2D eigenvalue weighted by molar-refractivity contribution is 0.378. The van der Waals surface area contributed by atoms with E-state index < -0.39 is 0 Å². The summed E-state index contributed by atoms with van der Waals surface area (Å²) < 4.78 is 0. The van der Waals surface area contributed by atoms with Crippen LogP contribution in [0.4, 0.5) is 0 Å². The number of thioether (sulfide) groups is 1. The zero-order valence-electron chi connectivity index (χ0n) is 8.93. The van der Waals surface area contributed by atoms with E-state index in [1.807, 2.05) is 24.2 Å². The normalized spacial score (nSPS) is 26.5. The van der Waals surface area contributed by atoms with Crippen LogP contribution in [0.2, 0.25) is 0 Å². The summed E-state index contributed by atoms with van der Waals surface area (Å²) in [7, 11) is 0. The first-order chi connectivity index (χ1) is 7.40. The van der Waals surface area contributed by atoms with E-state index in [-0.39, 0.29) is 0 Å². The van der Waals surface area contributed by atoms with E-state index in [9.17, 15) is 0 Å². The average Bonchev–Trinajstić information content (AvgIpc) is 2.31. The van der Waals surface area contributed by atoms with Crippen molar-refractivity contribution in [1.29, 1.82) is 0 Å². The van der Waals surface area contributed by atoms with Gasteiger partial charge in [-0.2, -0.15) is 0 Å². The van der Waals surface area contributed by atoms with Crippen LogP contribution >= 0.6 is 11.8 Å². The van der Waals surface area contributed by atoms with Crippen LogP contribution < -0.4 is 5.73 Å². The van der Waals surface area contributed by atoms with Crippen LogP contribution in [0, 0.1) is 5.92 Å². The van der Waals surface area contributed by atoms with Gasteiger partial charge in [0.2, 0.25) is 0 Å². The Morgan fingerprint density at radius 3 is 2.73 bits per heavy atom. The highest BCUT2D eigenvalue weighted by atomic mass is 32.2. The Labute approximate surface area is 95.7 Å². The SMILES string of the molecule is NCC1CCCCC1Sc1ccncc1. The van der Waals surface area contributed by atoms with Gasteiger partial charge in [0, 0.05) is 22.5 Å². The van der Waals surface area contributed by atoms with Crippen LogP contribution in [0.15, 0.2) is 29.4 Å². The van der Waals surface area contributed by atoms with Crippen LogP contribution in [0.1, 0.15) is 25.7 Å². The van der Waals surface area contributed by atoms with Crippen LogP contribution in [0.25, 0.3) is 0 Å². The fourth-order valence-electron chi connectivity index (χ4n) is 2.19. The summed E-state index contributed by atoms with van der Waals surface area (Å²) in [5.74, 6) is 0.705. The Morgan fingerprint density at radius 2 is 2.00 bits per heavy atom. The molecule has 2 N–H and O–H groups in total. The third-order valence-electron chi connectivity index (χ3n) is 3.08. The molecule has 2 unspecified atom stereocenters. The number of hydrogen-bond donors (Lipinski definition) is 1. The summed E-state index contributed by atoms with van der Waals surface area (Å²) >= 11 is 1.98. The van der Waals surface area contributed by atoms with E-state index in [2.05, 4.69) is 17.1 Å². The van der Waals surface area contributed by atoms with Gasteiger partial charge in [0.25, 0.3) is 0 Å². The molecule has 15 heavy (non-hydrogen) atoms. The van der Waals surface area contributed by atoms with Crippen molar-refractivity contribution in [3.8, 4) is 0 Å².